The molecule has 0 amide bonds. The van der Waals surface area contributed by atoms with Crippen LogP contribution in [0.1, 0.15) is 5.82 Å². The second-order valence-electron chi connectivity index (χ2n) is 1.86. The number of hydrogen-bond acceptors (Lipinski definition) is 3. The van der Waals surface area contributed by atoms with Crippen molar-refractivity contribution in [3.63, 3.8) is 0 Å². The topological polar surface area (TPSA) is 37.8 Å². The predicted molar refractivity (Wildman–Crippen MR) is 41.3 cm³/mol. The maximum absolute atomic E-state index is 5.71. The van der Waals surface area contributed by atoms with Crippen LogP contribution in [0.2, 0.25) is 5.02 Å². The van der Waals surface area contributed by atoms with E-state index in [1.807, 2.05) is 6.92 Å². The van der Waals surface area contributed by atoms with Gasteiger partial charge in [0.05, 0.1) is 6.20 Å². The second kappa shape index (κ2) is 2.84. The molecule has 0 saturated heterocycles. The Morgan fingerprint density at radius 2 is 2.30 bits per heavy atom. The van der Waals surface area contributed by atoms with Gasteiger partial charge in [0.1, 0.15) is 16.7 Å². The van der Waals surface area contributed by atoms with E-state index in [1.165, 1.54) is 0 Å². The Labute approximate surface area is 64.5 Å². The smallest absolute Gasteiger partial charge is 0.148 e. The predicted octanol–water partition coefficient (Wildman–Crippen LogP) is 1.48. The van der Waals surface area contributed by atoms with E-state index in [9.17, 15) is 0 Å². The molecule has 0 aliphatic carbocycles. The molecule has 0 aliphatic heterocycles. The fourth-order valence-corrected chi connectivity index (χ4v) is 0.816. The summed E-state index contributed by atoms with van der Waals surface area (Å²) in [5, 5.41) is 3.40. The molecule has 0 aliphatic rings. The minimum atomic E-state index is 0.549. The van der Waals surface area contributed by atoms with Crippen molar-refractivity contribution in [3.8, 4) is 0 Å². The summed E-state index contributed by atoms with van der Waals surface area (Å²) >= 11 is 5.71. The summed E-state index contributed by atoms with van der Waals surface area (Å²) in [5.74, 6) is 1.39. The number of aryl methyl sites for hydroxylation is 1. The normalized spacial score (nSPS) is 9.50. The number of rotatable bonds is 1. The molecule has 0 unspecified atom stereocenters. The molecule has 1 N–H and O–H groups in total. The highest BCUT2D eigenvalue weighted by molar-refractivity contribution is 6.32. The van der Waals surface area contributed by atoms with Gasteiger partial charge in [-0.05, 0) is 6.92 Å². The van der Waals surface area contributed by atoms with Gasteiger partial charge in [-0.25, -0.2) is 9.97 Å². The molecule has 0 atom stereocenters. The molecule has 1 aromatic heterocycles. The van der Waals surface area contributed by atoms with Crippen molar-refractivity contribution in [2.75, 3.05) is 12.4 Å². The first-order valence-electron chi connectivity index (χ1n) is 2.91. The van der Waals surface area contributed by atoms with Gasteiger partial charge in [-0.15, -0.1) is 0 Å². The fourth-order valence-electron chi connectivity index (χ4n) is 0.631. The van der Waals surface area contributed by atoms with Crippen LogP contribution >= 0.6 is 11.6 Å². The Morgan fingerprint density at radius 1 is 1.60 bits per heavy atom. The van der Waals surface area contributed by atoms with Crippen LogP contribution in [0.15, 0.2) is 6.20 Å². The van der Waals surface area contributed by atoms with Crippen LogP contribution in [0.4, 0.5) is 5.82 Å². The van der Waals surface area contributed by atoms with E-state index in [0.717, 1.165) is 0 Å². The van der Waals surface area contributed by atoms with Crippen LogP contribution in [0.5, 0.6) is 0 Å². The third-order valence-electron chi connectivity index (χ3n) is 1.10. The van der Waals surface area contributed by atoms with Crippen molar-refractivity contribution < 1.29 is 0 Å². The van der Waals surface area contributed by atoms with Crippen molar-refractivity contribution in [1.29, 1.82) is 0 Å². The van der Waals surface area contributed by atoms with Crippen molar-refractivity contribution >= 4 is 17.4 Å². The SMILES string of the molecule is CNc1nc(C)ncc1Cl. The Morgan fingerprint density at radius 3 is 2.80 bits per heavy atom. The summed E-state index contributed by atoms with van der Waals surface area (Å²) in [6.45, 7) is 1.82. The molecule has 1 heterocycles. The van der Waals surface area contributed by atoms with Crippen molar-refractivity contribution in [2.24, 2.45) is 0 Å². The zero-order valence-corrected chi connectivity index (χ0v) is 6.61. The standard InChI is InChI=1S/C6H8ClN3/c1-4-9-3-5(7)6(8-2)10-4/h3H,1-2H3,(H,8,9,10). The first-order chi connectivity index (χ1) is 4.74. The molecule has 0 radical (unpaired) electrons. The summed E-state index contributed by atoms with van der Waals surface area (Å²) in [7, 11) is 1.77. The monoisotopic (exact) mass is 157 g/mol. The molecular formula is C6H8ClN3. The average Bonchev–Trinajstić information content (AvgIpc) is 1.94. The van der Waals surface area contributed by atoms with Gasteiger partial charge < -0.3 is 5.32 Å². The third kappa shape index (κ3) is 1.36. The van der Waals surface area contributed by atoms with Crippen molar-refractivity contribution in [1.82, 2.24) is 9.97 Å². The number of nitrogens with zero attached hydrogens (tertiary/aromatic N) is 2. The minimum Gasteiger partial charge on any atom is -0.372 e. The molecule has 10 heavy (non-hydrogen) atoms. The largest absolute Gasteiger partial charge is 0.372 e. The van der Waals surface area contributed by atoms with Crippen LogP contribution in [-0.2, 0) is 0 Å². The number of anilines is 1. The van der Waals surface area contributed by atoms with E-state index in [-0.39, 0.29) is 0 Å². The maximum atomic E-state index is 5.71. The van der Waals surface area contributed by atoms with E-state index in [0.29, 0.717) is 16.7 Å². The molecule has 4 heteroatoms. The molecule has 0 fully saturated rings. The van der Waals surface area contributed by atoms with Gasteiger partial charge in [0.2, 0.25) is 0 Å². The summed E-state index contributed by atoms with van der Waals surface area (Å²) in [6.07, 6.45) is 1.58. The van der Waals surface area contributed by atoms with Gasteiger partial charge in [-0.1, -0.05) is 11.6 Å². The summed E-state index contributed by atoms with van der Waals surface area (Å²) in [6, 6.07) is 0. The van der Waals surface area contributed by atoms with Gasteiger partial charge in [-0.3, -0.25) is 0 Å². The number of halogens is 1. The zero-order chi connectivity index (χ0) is 7.56. The average molecular weight is 158 g/mol. The fraction of sp³-hybridized carbons (Fsp3) is 0.333. The van der Waals surface area contributed by atoms with Crippen LogP contribution in [0.3, 0.4) is 0 Å². The van der Waals surface area contributed by atoms with Gasteiger partial charge in [0, 0.05) is 7.05 Å². The van der Waals surface area contributed by atoms with Gasteiger partial charge in [0.25, 0.3) is 0 Å². The molecule has 1 aromatic rings. The number of aromatic nitrogens is 2. The molecule has 0 saturated carbocycles. The van der Waals surface area contributed by atoms with E-state index < -0.39 is 0 Å². The van der Waals surface area contributed by atoms with Crippen LogP contribution < -0.4 is 5.32 Å². The van der Waals surface area contributed by atoms with Gasteiger partial charge >= 0.3 is 0 Å². The molecule has 0 bridgehead atoms. The molecule has 0 aromatic carbocycles. The van der Waals surface area contributed by atoms with Gasteiger partial charge in [-0.2, -0.15) is 0 Å². The Kier molecular flexibility index (Phi) is 2.06. The van der Waals surface area contributed by atoms with E-state index in [2.05, 4.69) is 15.3 Å². The molecule has 54 valence electrons. The Balaban J connectivity index is 3.09. The highest BCUT2D eigenvalue weighted by atomic mass is 35.5. The first kappa shape index (κ1) is 7.28. The number of nitrogens with one attached hydrogen (secondary N) is 1. The van der Waals surface area contributed by atoms with E-state index >= 15 is 0 Å². The molecule has 0 spiro atoms. The lowest BCUT2D eigenvalue weighted by atomic mass is 10.5. The lowest BCUT2D eigenvalue weighted by Gasteiger charge is -2.00. The van der Waals surface area contributed by atoms with Gasteiger partial charge in [0.15, 0.2) is 0 Å². The quantitative estimate of drug-likeness (QED) is 0.671. The second-order valence-corrected chi connectivity index (χ2v) is 2.27. The molecular weight excluding hydrogens is 150 g/mol. The molecule has 1 rings (SSSR count). The van der Waals surface area contributed by atoms with Crippen molar-refractivity contribution in [2.45, 2.75) is 6.92 Å². The summed E-state index contributed by atoms with van der Waals surface area (Å²) in [4.78, 5) is 7.94. The lowest BCUT2D eigenvalue weighted by molar-refractivity contribution is 1.05. The number of hydrogen-bond donors (Lipinski definition) is 1. The summed E-state index contributed by atoms with van der Waals surface area (Å²) in [5.41, 5.74) is 0. The first-order valence-corrected chi connectivity index (χ1v) is 3.28. The van der Waals surface area contributed by atoms with Crippen LogP contribution in [0, 0.1) is 6.92 Å². The lowest BCUT2D eigenvalue weighted by Crippen LogP contribution is -1.96. The Bertz CT molecular complexity index is 236. The van der Waals surface area contributed by atoms with E-state index in [4.69, 9.17) is 11.6 Å². The highest BCUT2D eigenvalue weighted by Gasteiger charge is 1.98. The Hall–Kier alpha value is -0.830. The third-order valence-corrected chi connectivity index (χ3v) is 1.38. The molecule has 3 nitrogen and oxygen atoms in total. The summed E-state index contributed by atoms with van der Waals surface area (Å²) < 4.78 is 0. The zero-order valence-electron chi connectivity index (χ0n) is 5.85. The maximum Gasteiger partial charge on any atom is 0.148 e. The van der Waals surface area contributed by atoms with Crippen LogP contribution in [-0.4, -0.2) is 17.0 Å². The van der Waals surface area contributed by atoms with Crippen molar-refractivity contribution in [3.05, 3.63) is 17.0 Å². The van der Waals surface area contributed by atoms with E-state index in [1.54, 1.807) is 13.2 Å². The van der Waals surface area contributed by atoms with Crippen LogP contribution in [0.25, 0.3) is 0 Å². The highest BCUT2D eigenvalue weighted by Crippen LogP contribution is 2.15. The minimum absolute atomic E-state index is 0.549.